The van der Waals surface area contributed by atoms with Crippen LogP contribution in [0.15, 0.2) is 23.6 Å². The zero-order chi connectivity index (χ0) is 14.7. The zero-order valence-corrected chi connectivity index (χ0v) is 12.3. The average molecular weight is 293 g/mol. The Kier molecular flexibility index (Phi) is 4.46. The minimum Gasteiger partial charge on any atom is -0.383 e. The van der Waals surface area contributed by atoms with Crippen molar-refractivity contribution in [1.29, 1.82) is 0 Å². The van der Waals surface area contributed by atoms with Gasteiger partial charge in [0.1, 0.15) is 11.6 Å². The molecule has 2 rings (SSSR count). The molecule has 2 aromatic heterocycles. The van der Waals surface area contributed by atoms with Gasteiger partial charge in [-0.05, 0) is 6.42 Å². The highest BCUT2D eigenvalue weighted by Crippen LogP contribution is 2.36. The Bertz CT molecular complexity index is 563. The van der Waals surface area contributed by atoms with Crippen molar-refractivity contribution in [2.75, 3.05) is 11.5 Å². The van der Waals surface area contributed by atoms with E-state index in [-0.39, 0.29) is 11.3 Å². The van der Waals surface area contributed by atoms with Crippen molar-refractivity contribution in [2.45, 2.75) is 29.8 Å². The molecule has 7 nitrogen and oxygen atoms in total. The van der Waals surface area contributed by atoms with Gasteiger partial charge >= 0.3 is 0 Å². The average Bonchev–Trinajstić information content (AvgIpc) is 2.80. The topological polar surface area (TPSA) is 122 Å². The third kappa shape index (κ3) is 3.40. The van der Waals surface area contributed by atoms with Gasteiger partial charge in [-0.25, -0.2) is 9.97 Å². The lowest BCUT2D eigenvalue weighted by atomic mass is 10.1. The fraction of sp³-hybridized carbons (Fsp3) is 0.417. The van der Waals surface area contributed by atoms with Crippen molar-refractivity contribution >= 4 is 23.4 Å². The van der Waals surface area contributed by atoms with Crippen LogP contribution < -0.4 is 17.2 Å². The van der Waals surface area contributed by atoms with Crippen molar-refractivity contribution in [2.24, 2.45) is 12.8 Å². The van der Waals surface area contributed by atoms with E-state index in [9.17, 15) is 0 Å². The molecule has 2 unspecified atom stereocenters. The second-order valence-corrected chi connectivity index (χ2v) is 5.67. The Balaban J connectivity index is 2.28. The van der Waals surface area contributed by atoms with Crippen LogP contribution in [0.3, 0.4) is 0 Å². The van der Waals surface area contributed by atoms with E-state index in [1.54, 1.807) is 4.68 Å². The lowest BCUT2D eigenvalue weighted by molar-refractivity contribution is 0.632. The Hall–Kier alpha value is -1.80. The Morgan fingerprint density at radius 3 is 2.45 bits per heavy atom. The molecule has 0 saturated carbocycles. The molecule has 0 aliphatic heterocycles. The molecule has 2 aromatic rings. The second kappa shape index (κ2) is 6.10. The number of hydrogen-bond acceptors (Lipinski definition) is 7. The number of nitrogens with two attached hydrogens (primary N) is 3. The normalized spacial score (nSPS) is 14.2. The highest BCUT2D eigenvalue weighted by Gasteiger charge is 2.23. The molecule has 0 aliphatic rings. The van der Waals surface area contributed by atoms with Crippen LogP contribution in [0.4, 0.5) is 11.6 Å². The van der Waals surface area contributed by atoms with Crippen LogP contribution in [0.25, 0.3) is 0 Å². The molecule has 0 bridgehead atoms. The molecule has 2 atom stereocenters. The maximum absolute atomic E-state index is 6.21. The van der Waals surface area contributed by atoms with E-state index in [1.165, 1.54) is 17.8 Å². The third-order valence-corrected chi connectivity index (χ3v) is 4.16. The second-order valence-electron chi connectivity index (χ2n) is 4.56. The molecule has 2 heterocycles. The third-order valence-electron chi connectivity index (χ3n) is 2.89. The first-order valence-corrected chi connectivity index (χ1v) is 7.18. The van der Waals surface area contributed by atoms with Gasteiger partial charge < -0.3 is 17.2 Å². The standard InChI is InChI=1S/C12H19N7S/c1-3-8(13)11(7-5-16-19(2)6-7)20-12-17-9(14)4-10(15)18-12/h4-6,8,11H,3,13H2,1-2H3,(H4,14,15,17,18). The number of nitrogens with zero attached hydrogens (tertiary/aromatic N) is 4. The molecule has 0 radical (unpaired) electrons. The zero-order valence-electron chi connectivity index (χ0n) is 11.5. The van der Waals surface area contributed by atoms with Gasteiger partial charge in [0.05, 0.1) is 11.4 Å². The van der Waals surface area contributed by atoms with E-state index in [1.807, 2.05) is 26.4 Å². The summed E-state index contributed by atoms with van der Waals surface area (Å²) in [7, 11) is 1.87. The van der Waals surface area contributed by atoms with Crippen molar-refractivity contribution in [3.05, 3.63) is 24.0 Å². The summed E-state index contributed by atoms with van der Waals surface area (Å²) >= 11 is 1.46. The van der Waals surface area contributed by atoms with Crippen molar-refractivity contribution in [1.82, 2.24) is 19.7 Å². The molecule has 8 heteroatoms. The number of hydrogen-bond donors (Lipinski definition) is 3. The largest absolute Gasteiger partial charge is 0.383 e. The SMILES string of the molecule is CCC(N)C(Sc1nc(N)cc(N)n1)c1cnn(C)c1. The maximum atomic E-state index is 6.21. The minimum atomic E-state index is -0.0320. The summed E-state index contributed by atoms with van der Waals surface area (Å²) in [6.45, 7) is 2.04. The molecule has 0 spiro atoms. The van der Waals surface area contributed by atoms with Gasteiger partial charge in [-0.15, -0.1) is 0 Å². The van der Waals surface area contributed by atoms with E-state index < -0.39 is 0 Å². The molecule has 108 valence electrons. The van der Waals surface area contributed by atoms with Crippen LogP contribution >= 0.6 is 11.8 Å². The Morgan fingerprint density at radius 1 is 1.30 bits per heavy atom. The van der Waals surface area contributed by atoms with Gasteiger partial charge in [-0.1, -0.05) is 18.7 Å². The molecule has 20 heavy (non-hydrogen) atoms. The van der Waals surface area contributed by atoms with E-state index in [4.69, 9.17) is 17.2 Å². The Labute approximate surface area is 122 Å². The molecule has 0 amide bonds. The molecule has 0 saturated heterocycles. The summed E-state index contributed by atoms with van der Waals surface area (Å²) in [6.07, 6.45) is 4.59. The molecular weight excluding hydrogens is 274 g/mol. The van der Waals surface area contributed by atoms with E-state index in [0.29, 0.717) is 16.8 Å². The van der Waals surface area contributed by atoms with Gasteiger partial charge in [0.2, 0.25) is 0 Å². The summed E-state index contributed by atoms with van der Waals surface area (Å²) in [5, 5.41) is 4.73. The molecular formula is C12H19N7S. The lowest BCUT2D eigenvalue weighted by Crippen LogP contribution is -2.25. The van der Waals surface area contributed by atoms with Crippen LogP contribution in [0.5, 0.6) is 0 Å². The molecule has 0 fully saturated rings. The highest BCUT2D eigenvalue weighted by molar-refractivity contribution is 7.99. The fourth-order valence-corrected chi connectivity index (χ4v) is 3.00. The predicted molar refractivity (Wildman–Crippen MR) is 80.9 cm³/mol. The van der Waals surface area contributed by atoms with Gasteiger partial charge in [-0.2, -0.15) is 5.10 Å². The van der Waals surface area contributed by atoms with Crippen LogP contribution in [0, 0.1) is 0 Å². The molecule has 0 aromatic carbocycles. The highest BCUT2D eigenvalue weighted by atomic mass is 32.2. The first kappa shape index (κ1) is 14.6. The number of rotatable bonds is 5. The van der Waals surface area contributed by atoms with Gasteiger partial charge in [0, 0.05) is 30.9 Å². The smallest absolute Gasteiger partial charge is 0.192 e. The fourth-order valence-electron chi connectivity index (χ4n) is 1.83. The van der Waals surface area contributed by atoms with Crippen LogP contribution in [-0.2, 0) is 7.05 Å². The van der Waals surface area contributed by atoms with Crippen molar-refractivity contribution in [3.8, 4) is 0 Å². The van der Waals surface area contributed by atoms with E-state index in [2.05, 4.69) is 15.1 Å². The quantitative estimate of drug-likeness (QED) is 0.554. The maximum Gasteiger partial charge on any atom is 0.192 e. The molecule has 6 N–H and O–H groups in total. The summed E-state index contributed by atoms with van der Waals surface area (Å²) in [6, 6.07) is 1.50. The minimum absolute atomic E-state index is 0.00917. The summed E-state index contributed by atoms with van der Waals surface area (Å²) < 4.78 is 1.75. The summed E-state index contributed by atoms with van der Waals surface area (Å²) in [4.78, 5) is 8.38. The van der Waals surface area contributed by atoms with Crippen molar-refractivity contribution < 1.29 is 0 Å². The summed E-state index contributed by atoms with van der Waals surface area (Å²) in [5.74, 6) is 0.713. The molecule has 0 aliphatic carbocycles. The first-order chi connectivity index (χ1) is 9.49. The number of thioether (sulfide) groups is 1. The lowest BCUT2D eigenvalue weighted by Gasteiger charge is -2.20. The monoisotopic (exact) mass is 293 g/mol. The predicted octanol–water partition coefficient (Wildman–Crippen LogP) is 0.945. The number of anilines is 2. The van der Waals surface area contributed by atoms with Gasteiger partial charge in [0.15, 0.2) is 5.16 Å². The van der Waals surface area contributed by atoms with E-state index in [0.717, 1.165) is 12.0 Å². The van der Waals surface area contributed by atoms with Crippen LogP contribution in [0.1, 0.15) is 24.2 Å². The van der Waals surface area contributed by atoms with Crippen LogP contribution in [-0.4, -0.2) is 25.8 Å². The van der Waals surface area contributed by atoms with E-state index >= 15 is 0 Å². The van der Waals surface area contributed by atoms with Gasteiger partial charge in [0.25, 0.3) is 0 Å². The Morgan fingerprint density at radius 2 is 1.95 bits per heavy atom. The van der Waals surface area contributed by atoms with Gasteiger partial charge in [-0.3, -0.25) is 4.68 Å². The number of nitrogen functional groups attached to an aromatic ring is 2. The number of aromatic nitrogens is 4. The summed E-state index contributed by atoms with van der Waals surface area (Å²) in [5.41, 5.74) is 18.6. The number of aryl methyl sites for hydroxylation is 1. The van der Waals surface area contributed by atoms with Crippen molar-refractivity contribution in [3.63, 3.8) is 0 Å². The first-order valence-electron chi connectivity index (χ1n) is 6.30. The van der Waals surface area contributed by atoms with Crippen LogP contribution in [0.2, 0.25) is 0 Å².